The number of nitrogens with zero attached hydrogens (tertiary/aromatic N) is 1. The molecule has 0 aliphatic carbocycles. The summed E-state index contributed by atoms with van der Waals surface area (Å²) < 4.78 is 4.80. The van der Waals surface area contributed by atoms with Crippen LogP contribution in [-0.2, 0) is 16.1 Å². The van der Waals surface area contributed by atoms with Crippen LogP contribution in [0.25, 0.3) is 0 Å². The Bertz CT molecular complexity index is 468. The topological polar surface area (TPSA) is 41.6 Å². The molecule has 1 aliphatic rings. The first-order valence-electron chi connectivity index (χ1n) is 6.47. The maximum Gasteiger partial charge on any atom is 0.320 e. The predicted octanol–water partition coefficient (Wildman–Crippen LogP) is 1.65. The fourth-order valence-electron chi connectivity index (χ4n) is 1.99. The maximum atomic E-state index is 11.6. The summed E-state index contributed by atoms with van der Waals surface area (Å²) in [6.07, 6.45) is 0. The SMILES string of the molecule is COC(=O)[C@@H]1CN(C(=S)NCc2ccccc2)CCS1. The van der Waals surface area contributed by atoms with Crippen LogP contribution in [0.15, 0.2) is 30.3 Å². The molecule has 108 valence electrons. The normalized spacial score (nSPS) is 18.4. The Kier molecular flexibility index (Phi) is 5.67. The first-order valence-corrected chi connectivity index (χ1v) is 7.92. The fraction of sp³-hybridized carbons (Fsp3) is 0.429. The van der Waals surface area contributed by atoms with Crippen molar-refractivity contribution in [3.63, 3.8) is 0 Å². The number of thiocarbonyl (C=S) groups is 1. The summed E-state index contributed by atoms with van der Waals surface area (Å²) >= 11 is 7.03. The van der Waals surface area contributed by atoms with Gasteiger partial charge in [-0.05, 0) is 17.8 Å². The van der Waals surface area contributed by atoms with Gasteiger partial charge in [0.1, 0.15) is 5.25 Å². The predicted molar refractivity (Wildman–Crippen MR) is 85.7 cm³/mol. The zero-order chi connectivity index (χ0) is 14.4. The number of benzene rings is 1. The molecule has 1 N–H and O–H groups in total. The first kappa shape index (κ1) is 15.1. The molecule has 1 saturated heterocycles. The molecule has 1 fully saturated rings. The minimum absolute atomic E-state index is 0.148. The minimum Gasteiger partial charge on any atom is -0.468 e. The van der Waals surface area contributed by atoms with Gasteiger partial charge < -0.3 is 15.0 Å². The van der Waals surface area contributed by atoms with Crippen LogP contribution >= 0.6 is 24.0 Å². The van der Waals surface area contributed by atoms with E-state index < -0.39 is 0 Å². The Morgan fingerprint density at radius 3 is 2.95 bits per heavy atom. The molecule has 1 aromatic rings. The summed E-state index contributed by atoms with van der Waals surface area (Å²) in [5.41, 5.74) is 1.19. The first-order chi connectivity index (χ1) is 9.70. The smallest absolute Gasteiger partial charge is 0.320 e. The molecule has 20 heavy (non-hydrogen) atoms. The van der Waals surface area contributed by atoms with E-state index in [0.717, 1.165) is 12.3 Å². The second kappa shape index (κ2) is 7.50. The molecular weight excluding hydrogens is 292 g/mol. The van der Waals surface area contributed by atoms with Gasteiger partial charge in [0.2, 0.25) is 0 Å². The number of rotatable bonds is 3. The molecule has 1 atom stereocenters. The van der Waals surface area contributed by atoms with Crippen molar-refractivity contribution in [2.24, 2.45) is 0 Å². The highest BCUT2D eigenvalue weighted by atomic mass is 32.2. The lowest BCUT2D eigenvalue weighted by atomic mass is 10.2. The summed E-state index contributed by atoms with van der Waals surface area (Å²) in [6, 6.07) is 10.1. The molecule has 1 aliphatic heterocycles. The number of esters is 1. The van der Waals surface area contributed by atoms with Crippen molar-refractivity contribution in [3.8, 4) is 0 Å². The summed E-state index contributed by atoms with van der Waals surface area (Å²) in [5.74, 6) is 0.706. The zero-order valence-electron chi connectivity index (χ0n) is 11.4. The van der Waals surface area contributed by atoms with E-state index in [1.807, 2.05) is 23.1 Å². The Morgan fingerprint density at radius 2 is 2.25 bits per heavy atom. The third-order valence-electron chi connectivity index (χ3n) is 3.10. The number of methoxy groups -OCH3 is 1. The van der Waals surface area contributed by atoms with E-state index in [1.165, 1.54) is 12.7 Å². The molecule has 0 bridgehead atoms. The number of carbonyl (C=O) groups excluding carboxylic acids is 1. The van der Waals surface area contributed by atoms with Crippen LogP contribution in [0.1, 0.15) is 5.56 Å². The summed E-state index contributed by atoms with van der Waals surface area (Å²) in [5, 5.41) is 3.79. The van der Waals surface area contributed by atoms with Crippen LogP contribution in [0.5, 0.6) is 0 Å². The van der Waals surface area contributed by atoms with Gasteiger partial charge in [-0.2, -0.15) is 0 Å². The highest BCUT2D eigenvalue weighted by Crippen LogP contribution is 2.19. The van der Waals surface area contributed by atoms with E-state index in [1.54, 1.807) is 11.8 Å². The van der Waals surface area contributed by atoms with Crippen LogP contribution in [0.3, 0.4) is 0 Å². The van der Waals surface area contributed by atoms with Crippen LogP contribution in [0.4, 0.5) is 0 Å². The van der Waals surface area contributed by atoms with Gasteiger partial charge in [0.25, 0.3) is 0 Å². The molecule has 0 aromatic heterocycles. The Morgan fingerprint density at radius 1 is 1.50 bits per heavy atom. The van der Waals surface area contributed by atoms with Gasteiger partial charge in [-0.15, -0.1) is 11.8 Å². The molecule has 0 saturated carbocycles. The Labute approximate surface area is 128 Å². The Balaban J connectivity index is 1.84. The van der Waals surface area contributed by atoms with E-state index in [0.29, 0.717) is 18.2 Å². The second-order valence-corrected chi connectivity index (χ2v) is 6.17. The van der Waals surface area contributed by atoms with Gasteiger partial charge in [0, 0.05) is 25.4 Å². The molecule has 0 amide bonds. The highest BCUT2D eigenvalue weighted by molar-refractivity contribution is 8.00. The second-order valence-electron chi connectivity index (χ2n) is 4.47. The average Bonchev–Trinajstić information content (AvgIpc) is 2.53. The molecule has 0 spiro atoms. The van der Waals surface area contributed by atoms with Crippen molar-refractivity contribution in [2.45, 2.75) is 11.8 Å². The van der Waals surface area contributed by atoms with Crippen molar-refractivity contribution in [1.82, 2.24) is 10.2 Å². The molecule has 4 nitrogen and oxygen atoms in total. The fourth-order valence-corrected chi connectivity index (χ4v) is 3.36. The van der Waals surface area contributed by atoms with Crippen LogP contribution in [-0.4, -0.2) is 47.2 Å². The van der Waals surface area contributed by atoms with Crippen LogP contribution in [0.2, 0.25) is 0 Å². The van der Waals surface area contributed by atoms with Crippen molar-refractivity contribution in [2.75, 3.05) is 26.0 Å². The summed E-state index contributed by atoms with van der Waals surface area (Å²) in [6.45, 7) is 2.17. The minimum atomic E-state index is -0.175. The average molecular weight is 310 g/mol. The Hall–Kier alpha value is -1.27. The van der Waals surface area contributed by atoms with Crippen molar-refractivity contribution < 1.29 is 9.53 Å². The lowest BCUT2D eigenvalue weighted by Gasteiger charge is -2.33. The monoisotopic (exact) mass is 310 g/mol. The molecule has 6 heteroatoms. The number of hydrogen-bond donors (Lipinski definition) is 1. The zero-order valence-corrected chi connectivity index (χ0v) is 13.0. The van der Waals surface area contributed by atoms with E-state index in [-0.39, 0.29) is 11.2 Å². The van der Waals surface area contributed by atoms with Gasteiger partial charge in [0.15, 0.2) is 5.11 Å². The third-order valence-corrected chi connectivity index (χ3v) is 4.67. The van der Waals surface area contributed by atoms with Gasteiger partial charge in [-0.25, -0.2) is 0 Å². The van der Waals surface area contributed by atoms with Crippen LogP contribution < -0.4 is 5.32 Å². The lowest BCUT2D eigenvalue weighted by Crippen LogP contribution is -2.48. The molecular formula is C14H18N2O2S2. The van der Waals surface area contributed by atoms with E-state index >= 15 is 0 Å². The third kappa shape index (κ3) is 4.11. The van der Waals surface area contributed by atoms with Gasteiger partial charge in [0.05, 0.1) is 7.11 Å². The van der Waals surface area contributed by atoms with Crippen molar-refractivity contribution in [1.29, 1.82) is 0 Å². The largest absolute Gasteiger partial charge is 0.468 e. The number of hydrogen-bond acceptors (Lipinski definition) is 4. The molecule has 1 heterocycles. The molecule has 0 radical (unpaired) electrons. The molecule has 2 rings (SSSR count). The van der Waals surface area contributed by atoms with E-state index in [9.17, 15) is 4.79 Å². The standard InChI is InChI=1S/C14H18N2O2S2/c1-18-13(17)12-10-16(7-8-20-12)14(19)15-9-11-5-3-2-4-6-11/h2-6,12H,7-10H2,1H3,(H,15,19)/t12-/m0/s1. The quantitative estimate of drug-likeness (QED) is 0.676. The summed E-state index contributed by atoms with van der Waals surface area (Å²) in [4.78, 5) is 13.6. The van der Waals surface area contributed by atoms with Gasteiger partial charge >= 0.3 is 5.97 Å². The number of carbonyl (C=O) groups is 1. The van der Waals surface area contributed by atoms with Crippen molar-refractivity contribution in [3.05, 3.63) is 35.9 Å². The highest BCUT2D eigenvalue weighted by Gasteiger charge is 2.28. The van der Waals surface area contributed by atoms with E-state index in [2.05, 4.69) is 17.4 Å². The number of thioether (sulfide) groups is 1. The molecule has 0 unspecified atom stereocenters. The number of nitrogens with one attached hydrogen (secondary N) is 1. The molecule has 1 aromatic carbocycles. The van der Waals surface area contributed by atoms with Crippen LogP contribution in [0, 0.1) is 0 Å². The maximum absolute atomic E-state index is 11.6. The summed E-state index contributed by atoms with van der Waals surface area (Å²) in [7, 11) is 1.42. The van der Waals surface area contributed by atoms with Crippen molar-refractivity contribution >= 4 is 35.1 Å². The lowest BCUT2D eigenvalue weighted by molar-refractivity contribution is -0.140. The van der Waals surface area contributed by atoms with Gasteiger partial charge in [-0.1, -0.05) is 30.3 Å². The van der Waals surface area contributed by atoms with Gasteiger partial charge in [-0.3, -0.25) is 4.79 Å². The number of ether oxygens (including phenoxy) is 1. The van der Waals surface area contributed by atoms with E-state index in [4.69, 9.17) is 17.0 Å².